The fourth-order valence-electron chi connectivity index (χ4n) is 1.46. The van der Waals surface area contributed by atoms with Crippen LogP contribution in [0, 0.1) is 12.7 Å². The van der Waals surface area contributed by atoms with Crippen LogP contribution in [0.5, 0.6) is 0 Å². The molecule has 82 valence electrons. The minimum atomic E-state index is -0.279. The molecule has 2 rings (SSSR count). The molecule has 0 saturated carbocycles. The average molecular weight is 218 g/mol. The summed E-state index contributed by atoms with van der Waals surface area (Å²) in [5.41, 5.74) is 1.40. The second-order valence-corrected chi connectivity index (χ2v) is 3.64. The monoisotopic (exact) mass is 218 g/mol. The number of rotatable bonds is 2. The minimum absolute atomic E-state index is 0.0701. The first-order valence-electron chi connectivity index (χ1n) is 4.92. The highest BCUT2D eigenvalue weighted by Gasteiger charge is 2.00. The van der Waals surface area contributed by atoms with Crippen molar-refractivity contribution in [3.05, 3.63) is 64.1 Å². The molecular formula is C12H11FN2O. The van der Waals surface area contributed by atoms with Crippen LogP contribution < -0.4 is 5.56 Å². The number of halogens is 1. The summed E-state index contributed by atoms with van der Waals surface area (Å²) < 4.78 is 14.2. The van der Waals surface area contributed by atoms with Crippen LogP contribution in [0.2, 0.25) is 0 Å². The molecule has 0 N–H and O–H groups in total. The highest BCUT2D eigenvalue weighted by molar-refractivity contribution is 5.16. The summed E-state index contributed by atoms with van der Waals surface area (Å²) in [5, 5.41) is 0. The molecule has 0 saturated heterocycles. The molecule has 16 heavy (non-hydrogen) atoms. The van der Waals surface area contributed by atoms with E-state index in [1.807, 2.05) is 0 Å². The molecule has 4 heteroatoms. The van der Waals surface area contributed by atoms with Crippen LogP contribution in [0.1, 0.15) is 11.1 Å². The lowest BCUT2D eigenvalue weighted by Gasteiger charge is -2.05. The SMILES string of the molecule is Cc1cncn(Cc2ccc(F)cc2)c1=O. The first kappa shape index (κ1) is 10.5. The largest absolute Gasteiger partial charge is 0.295 e. The molecule has 1 heterocycles. The van der Waals surface area contributed by atoms with Gasteiger partial charge >= 0.3 is 0 Å². The number of aromatic nitrogens is 2. The van der Waals surface area contributed by atoms with Gasteiger partial charge in [0.1, 0.15) is 5.82 Å². The molecule has 0 atom stereocenters. The number of benzene rings is 1. The van der Waals surface area contributed by atoms with Crippen molar-refractivity contribution in [1.82, 2.24) is 9.55 Å². The smallest absolute Gasteiger partial charge is 0.256 e. The molecule has 1 aromatic heterocycles. The third-order valence-corrected chi connectivity index (χ3v) is 2.34. The van der Waals surface area contributed by atoms with Gasteiger partial charge in [0, 0.05) is 11.8 Å². The summed E-state index contributed by atoms with van der Waals surface area (Å²) >= 11 is 0. The van der Waals surface area contributed by atoms with Gasteiger partial charge in [0.05, 0.1) is 12.9 Å². The van der Waals surface area contributed by atoms with Crippen molar-refractivity contribution >= 4 is 0 Å². The van der Waals surface area contributed by atoms with E-state index in [4.69, 9.17) is 0 Å². The van der Waals surface area contributed by atoms with E-state index >= 15 is 0 Å². The summed E-state index contributed by atoms with van der Waals surface area (Å²) in [6, 6.07) is 6.07. The van der Waals surface area contributed by atoms with Crippen LogP contribution in [0.3, 0.4) is 0 Å². The second-order valence-electron chi connectivity index (χ2n) is 3.64. The molecule has 1 aromatic carbocycles. The Hall–Kier alpha value is -1.97. The van der Waals surface area contributed by atoms with Gasteiger partial charge in [0.15, 0.2) is 0 Å². The summed E-state index contributed by atoms with van der Waals surface area (Å²) in [6.07, 6.45) is 3.02. The fraction of sp³-hybridized carbons (Fsp3) is 0.167. The summed E-state index contributed by atoms with van der Waals surface area (Å²) in [6.45, 7) is 2.13. The van der Waals surface area contributed by atoms with Gasteiger partial charge in [-0.15, -0.1) is 0 Å². The van der Waals surface area contributed by atoms with Crippen molar-refractivity contribution < 1.29 is 4.39 Å². The van der Waals surface area contributed by atoms with Crippen molar-refractivity contribution in [1.29, 1.82) is 0 Å². The number of hydrogen-bond acceptors (Lipinski definition) is 2. The lowest BCUT2D eigenvalue weighted by Crippen LogP contribution is -2.22. The molecule has 0 aliphatic heterocycles. The lowest BCUT2D eigenvalue weighted by molar-refractivity contribution is 0.625. The zero-order chi connectivity index (χ0) is 11.5. The first-order chi connectivity index (χ1) is 7.66. The Kier molecular flexibility index (Phi) is 2.81. The molecule has 0 bridgehead atoms. The highest BCUT2D eigenvalue weighted by atomic mass is 19.1. The van der Waals surface area contributed by atoms with E-state index in [2.05, 4.69) is 4.98 Å². The van der Waals surface area contributed by atoms with E-state index in [0.29, 0.717) is 12.1 Å². The molecule has 3 nitrogen and oxygen atoms in total. The van der Waals surface area contributed by atoms with Gasteiger partial charge in [-0.1, -0.05) is 12.1 Å². The molecule has 0 spiro atoms. The van der Waals surface area contributed by atoms with E-state index in [1.165, 1.54) is 29.2 Å². The Labute approximate surface area is 92.2 Å². The molecule has 0 amide bonds. The van der Waals surface area contributed by atoms with Gasteiger partial charge < -0.3 is 0 Å². The molecule has 0 radical (unpaired) electrons. The topological polar surface area (TPSA) is 34.9 Å². The van der Waals surface area contributed by atoms with Gasteiger partial charge in [0.25, 0.3) is 5.56 Å². The second kappa shape index (κ2) is 4.26. The maximum atomic E-state index is 12.7. The van der Waals surface area contributed by atoms with Crippen LogP contribution >= 0.6 is 0 Å². The zero-order valence-corrected chi connectivity index (χ0v) is 8.85. The van der Waals surface area contributed by atoms with E-state index in [-0.39, 0.29) is 11.4 Å². The Balaban J connectivity index is 2.31. The van der Waals surface area contributed by atoms with E-state index in [0.717, 1.165) is 5.56 Å². The molecule has 0 aliphatic carbocycles. The molecule has 2 aromatic rings. The van der Waals surface area contributed by atoms with Crippen molar-refractivity contribution in [2.75, 3.05) is 0 Å². The Bertz CT molecular complexity index is 546. The Morgan fingerprint density at radius 1 is 1.31 bits per heavy atom. The molecular weight excluding hydrogens is 207 g/mol. The van der Waals surface area contributed by atoms with E-state index in [1.54, 1.807) is 19.1 Å². The lowest BCUT2D eigenvalue weighted by atomic mass is 10.2. The van der Waals surface area contributed by atoms with Crippen LogP contribution in [-0.4, -0.2) is 9.55 Å². The third-order valence-electron chi connectivity index (χ3n) is 2.34. The van der Waals surface area contributed by atoms with Gasteiger partial charge in [-0.25, -0.2) is 9.37 Å². The standard InChI is InChI=1S/C12H11FN2O/c1-9-6-14-8-15(12(9)16)7-10-2-4-11(13)5-3-10/h2-6,8H,7H2,1H3. The maximum Gasteiger partial charge on any atom is 0.256 e. The predicted octanol–water partition coefficient (Wildman–Crippen LogP) is 1.74. The predicted molar refractivity (Wildman–Crippen MR) is 58.7 cm³/mol. The van der Waals surface area contributed by atoms with Crippen LogP contribution in [0.15, 0.2) is 41.6 Å². The van der Waals surface area contributed by atoms with Crippen molar-refractivity contribution in [3.63, 3.8) is 0 Å². The molecule has 0 aliphatic rings. The van der Waals surface area contributed by atoms with Crippen molar-refractivity contribution in [2.24, 2.45) is 0 Å². The summed E-state index contributed by atoms with van der Waals surface area (Å²) in [5.74, 6) is -0.279. The van der Waals surface area contributed by atoms with Crippen LogP contribution in [0.25, 0.3) is 0 Å². The van der Waals surface area contributed by atoms with E-state index in [9.17, 15) is 9.18 Å². The number of hydrogen-bond donors (Lipinski definition) is 0. The molecule has 0 fully saturated rings. The average Bonchev–Trinajstić information content (AvgIpc) is 2.28. The minimum Gasteiger partial charge on any atom is -0.295 e. The first-order valence-corrected chi connectivity index (χ1v) is 4.92. The van der Waals surface area contributed by atoms with Gasteiger partial charge in [-0.05, 0) is 24.6 Å². The normalized spacial score (nSPS) is 10.4. The van der Waals surface area contributed by atoms with Gasteiger partial charge in [-0.3, -0.25) is 9.36 Å². The third kappa shape index (κ3) is 2.16. The molecule has 0 unspecified atom stereocenters. The summed E-state index contributed by atoms with van der Waals surface area (Å²) in [7, 11) is 0. The van der Waals surface area contributed by atoms with Gasteiger partial charge in [0.2, 0.25) is 0 Å². The van der Waals surface area contributed by atoms with Crippen molar-refractivity contribution in [2.45, 2.75) is 13.5 Å². The number of aryl methyl sites for hydroxylation is 1. The maximum absolute atomic E-state index is 12.7. The van der Waals surface area contributed by atoms with Crippen molar-refractivity contribution in [3.8, 4) is 0 Å². The van der Waals surface area contributed by atoms with Gasteiger partial charge in [-0.2, -0.15) is 0 Å². The van der Waals surface area contributed by atoms with Crippen LogP contribution in [0.4, 0.5) is 4.39 Å². The fourth-order valence-corrected chi connectivity index (χ4v) is 1.46. The Morgan fingerprint density at radius 2 is 2.00 bits per heavy atom. The highest BCUT2D eigenvalue weighted by Crippen LogP contribution is 2.03. The quantitative estimate of drug-likeness (QED) is 0.769. The van der Waals surface area contributed by atoms with Crippen LogP contribution in [-0.2, 0) is 6.54 Å². The Morgan fingerprint density at radius 3 is 2.69 bits per heavy atom. The number of nitrogens with zero attached hydrogens (tertiary/aromatic N) is 2. The zero-order valence-electron chi connectivity index (χ0n) is 8.85. The van der Waals surface area contributed by atoms with E-state index < -0.39 is 0 Å². The summed E-state index contributed by atoms with van der Waals surface area (Å²) in [4.78, 5) is 15.6.